The van der Waals surface area contributed by atoms with Crippen LogP contribution in [0.1, 0.15) is 22.8 Å². The summed E-state index contributed by atoms with van der Waals surface area (Å²) in [7, 11) is -2.21. The summed E-state index contributed by atoms with van der Waals surface area (Å²) < 4.78 is 39.2. The van der Waals surface area contributed by atoms with Crippen LogP contribution in [0.3, 0.4) is 0 Å². The number of nitrogens with zero attached hydrogens (tertiary/aromatic N) is 1. The summed E-state index contributed by atoms with van der Waals surface area (Å²) in [5, 5.41) is 0. The summed E-state index contributed by atoms with van der Waals surface area (Å²) in [6.07, 6.45) is 0. The highest BCUT2D eigenvalue weighted by Gasteiger charge is 2.18. The standard InChI is InChI=1S/C25H28N2O5S/c1-4-31-22-14-10-21(11-15-22)26-33(29,30)24-7-5-6-20(18-24)25(28)27(3)16-17-32-23-12-8-19(2)9-13-23/h5-15,18,26H,4,16-17H2,1-3H3. The number of anilines is 1. The minimum absolute atomic E-state index is 0.00606. The lowest BCUT2D eigenvalue weighted by Gasteiger charge is -2.18. The van der Waals surface area contributed by atoms with Gasteiger partial charge < -0.3 is 14.4 Å². The van der Waals surface area contributed by atoms with Crippen LogP contribution in [-0.2, 0) is 10.0 Å². The molecule has 0 spiro atoms. The smallest absolute Gasteiger partial charge is 0.261 e. The van der Waals surface area contributed by atoms with E-state index in [4.69, 9.17) is 9.47 Å². The number of rotatable bonds is 10. The third-order valence-corrected chi connectivity index (χ3v) is 6.25. The molecule has 7 nitrogen and oxygen atoms in total. The largest absolute Gasteiger partial charge is 0.494 e. The average molecular weight is 469 g/mol. The number of benzene rings is 3. The van der Waals surface area contributed by atoms with Gasteiger partial charge in [-0.3, -0.25) is 9.52 Å². The topological polar surface area (TPSA) is 84.9 Å². The predicted octanol–water partition coefficient (Wildman–Crippen LogP) is 4.35. The van der Waals surface area contributed by atoms with Crippen molar-refractivity contribution in [2.24, 2.45) is 0 Å². The monoisotopic (exact) mass is 468 g/mol. The van der Waals surface area contributed by atoms with Gasteiger partial charge in [0.1, 0.15) is 18.1 Å². The van der Waals surface area contributed by atoms with E-state index in [1.807, 2.05) is 38.1 Å². The van der Waals surface area contributed by atoms with Crippen molar-refractivity contribution in [2.75, 3.05) is 31.5 Å². The van der Waals surface area contributed by atoms with Crippen LogP contribution in [0.5, 0.6) is 11.5 Å². The summed E-state index contributed by atoms with van der Waals surface area (Å²) in [4.78, 5) is 14.3. The van der Waals surface area contributed by atoms with Gasteiger partial charge in [-0.15, -0.1) is 0 Å². The number of aryl methyl sites for hydroxylation is 1. The second-order valence-corrected chi connectivity index (χ2v) is 9.16. The van der Waals surface area contributed by atoms with E-state index in [2.05, 4.69) is 4.72 Å². The van der Waals surface area contributed by atoms with E-state index in [-0.39, 0.29) is 16.4 Å². The van der Waals surface area contributed by atoms with Crippen LogP contribution in [0, 0.1) is 6.92 Å². The van der Waals surface area contributed by atoms with Gasteiger partial charge in [0.05, 0.1) is 18.0 Å². The van der Waals surface area contributed by atoms with Gasteiger partial charge in [0.15, 0.2) is 0 Å². The SMILES string of the molecule is CCOc1ccc(NS(=O)(=O)c2cccc(C(=O)N(C)CCOc3ccc(C)cc3)c2)cc1. The second-order valence-electron chi connectivity index (χ2n) is 7.48. The lowest BCUT2D eigenvalue weighted by molar-refractivity contribution is 0.0773. The molecule has 1 N–H and O–H groups in total. The van der Waals surface area contributed by atoms with Gasteiger partial charge in [-0.05, 0) is 68.4 Å². The molecule has 0 radical (unpaired) electrons. The third kappa shape index (κ3) is 6.73. The number of likely N-dealkylation sites (N-methyl/N-ethyl adjacent to an activating group) is 1. The van der Waals surface area contributed by atoms with Crippen molar-refractivity contribution in [2.45, 2.75) is 18.7 Å². The maximum atomic E-state index is 12.8. The second kappa shape index (κ2) is 10.9. The highest BCUT2D eigenvalue weighted by atomic mass is 32.2. The number of nitrogens with one attached hydrogen (secondary N) is 1. The molecule has 174 valence electrons. The van der Waals surface area contributed by atoms with E-state index in [0.29, 0.717) is 31.2 Å². The molecule has 0 fully saturated rings. The summed E-state index contributed by atoms with van der Waals surface area (Å²) >= 11 is 0. The first-order valence-corrected chi connectivity index (χ1v) is 12.1. The fourth-order valence-electron chi connectivity index (χ4n) is 3.05. The van der Waals surface area contributed by atoms with Crippen LogP contribution >= 0.6 is 0 Å². The lowest BCUT2D eigenvalue weighted by Crippen LogP contribution is -2.31. The van der Waals surface area contributed by atoms with Gasteiger partial charge in [-0.1, -0.05) is 23.8 Å². The molecule has 0 atom stereocenters. The Morgan fingerprint density at radius 1 is 0.939 bits per heavy atom. The molecule has 0 saturated carbocycles. The Kier molecular flexibility index (Phi) is 7.95. The Labute approximate surface area is 195 Å². The number of carbonyl (C=O) groups is 1. The average Bonchev–Trinajstić information content (AvgIpc) is 2.81. The van der Waals surface area contributed by atoms with Gasteiger partial charge in [-0.25, -0.2) is 8.42 Å². The summed E-state index contributed by atoms with van der Waals surface area (Å²) in [6, 6.07) is 20.3. The molecule has 3 aromatic carbocycles. The molecule has 0 aliphatic carbocycles. The molecular weight excluding hydrogens is 440 g/mol. The maximum absolute atomic E-state index is 12.8. The number of hydrogen-bond acceptors (Lipinski definition) is 5. The van der Waals surface area contributed by atoms with Crippen molar-refractivity contribution in [1.82, 2.24) is 4.90 Å². The van der Waals surface area contributed by atoms with E-state index in [9.17, 15) is 13.2 Å². The zero-order valence-corrected chi connectivity index (χ0v) is 19.8. The van der Waals surface area contributed by atoms with E-state index in [0.717, 1.165) is 11.3 Å². The first-order chi connectivity index (χ1) is 15.8. The van der Waals surface area contributed by atoms with E-state index < -0.39 is 10.0 Å². The third-order valence-electron chi connectivity index (χ3n) is 4.87. The molecule has 0 heterocycles. The molecule has 3 aromatic rings. The van der Waals surface area contributed by atoms with Gasteiger partial charge in [-0.2, -0.15) is 0 Å². The Balaban J connectivity index is 1.63. The molecule has 33 heavy (non-hydrogen) atoms. The molecule has 0 aliphatic rings. The van der Waals surface area contributed by atoms with Gasteiger partial charge in [0.2, 0.25) is 0 Å². The van der Waals surface area contributed by atoms with Crippen LogP contribution in [0.15, 0.2) is 77.7 Å². The van der Waals surface area contributed by atoms with Crippen molar-refractivity contribution in [3.63, 3.8) is 0 Å². The van der Waals surface area contributed by atoms with Crippen molar-refractivity contribution < 1.29 is 22.7 Å². The molecular formula is C25H28N2O5S. The zero-order valence-electron chi connectivity index (χ0n) is 18.9. The predicted molar refractivity (Wildman–Crippen MR) is 128 cm³/mol. The fraction of sp³-hybridized carbons (Fsp3) is 0.240. The molecule has 0 aromatic heterocycles. The number of ether oxygens (including phenoxy) is 2. The van der Waals surface area contributed by atoms with Crippen LogP contribution in [0.25, 0.3) is 0 Å². The van der Waals surface area contributed by atoms with Gasteiger partial charge in [0, 0.05) is 18.3 Å². The highest BCUT2D eigenvalue weighted by Crippen LogP contribution is 2.21. The fourth-order valence-corrected chi connectivity index (χ4v) is 4.16. The van der Waals surface area contributed by atoms with Crippen LogP contribution < -0.4 is 14.2 Å². The van der Waals surface area contributed by atoms with E-state index in [1.165, 1.54) is 17.0 Å². The summed E-state index contributed by atoms with van der Waals surface area (Å²) in [5.41, 5.74) is 1.82. The Hall–Kier alpha value is -3.52. The highest BCUT2D eigenvalue weighted by molar-refractivity contribution is 7.92. The maximum Gasteiger partial charge on any atom is 0.261 e. The van der Waals surface area contributed by atoms with Crippen molar-refractivity contribution in [3.05, 3.63) is 83.9 Å². The first kappa shape index (κ1) is 24.1. The number of carbonyl (C=O) groups excluding carboxylic acids is 1. The molecule has 0 bridgehead atoms. The zero-order chi connectivity index (χ0) is 23.8. The van der Waals surface area contributed by atoms with Crippen molar-refractivity contribution in [1.29, 1.82) is 0 Å². The normalized spacial score (nSPS) is 11.0. The van der Waals surface area contributed by atoms with Crippen LogP contribution in [0.4, 0.5) is 5.69 Å². The van der Waals surface area contributed by atoms with Crippen LogP contribution in [-0.4, -0.2) is 46.0 Å². The number of hydrogen-bond donors (Lipinski definition) is 1. The minimum atomic E-state index is -3.86. The number of amides is 1. The van der Waals surface area contributed by atoms with Gasteiger partial charge >= 0.3 is 0 Å². The molecule has 0 unspecified atom stereocenters. The molecule has 0 saturated heterocycles. The first-order valence-electron chi connectivity index (χ1n) is 10.6. The minimum Gasteiger partial charge on any atom is -0.494 e. The van der Waals surface area contributed by atoms with Crippen molar-refractivity contribution >= 4 is 21.6 Å². The quantitative estimate of drug-likeness (QED) is 0.478. The molecule has 0 aliphatic heterocycles. The Morgan fingerprint density at radius 2 is 1.58 bits per heavy atom. The summed E-state index contributed by atoms with van der Waals surface area (Å²) in [5.74, 6) is 1.10. The molecule has 8 heteroatoms. The molecule has 3 rings (SSSR count). The van der Waals surface area contributed by atoms with Gasteiger partial charge in [0.25, 0.3) is 15.9 Å². The van der Waals surface area contributed by atoms with Crippen molar-refractivity contribution in [3.8, 4) is 11.5 Å². The van der Waals surface area contributed by atoms with E-state index >= 15 is 0 Å². The summed E-state index contributed by atoms with van der Waals surface area (Å²) in [6.45, 7) is 5.08. The Morgan fingerprint density at radius 3 is 2.24 bits per heavy atom. The lowest BCUT2D eigenvalue weighted by atomic mass is 10.2. The van der Waals surface area contributed by atoms with E-state index in [1.54, 1.807) is 43.4 Å². The molecule has 1 amide bonds. The Bertz CT molecular complexity index is 1180. The van der Waals surface area contributed by atoms with Crippen LogP contribution in [0.2, 0.25) is 0 Å². The number of sulfonamides is 1.